The molecule has 2 unspecified atom stereocenters. The molecule has 1 heterocycles. The second-order valence-corrected chi connectivity index (χ2v) is 5.92. The zero-order valence-electron chi connectivity index (χ0n) is 11.2. The Bertz CT molecular complexity index is 479. The van der Waals surface area contributed by atoms with Crippen molar-refractivity contribution >= 4 is 27.7 Å². The number of amides is 1. The monoisotopic (exact) mass is 326 g/mol. The molecule has 1 fully saturated rings. The number of nitrogens with zero attached hydrogens (tertiary/aromatic N) is 1. The lowest BCUT2D eigenvalue weighted by Crippen LogP contribution is -2.26. The molecule has 0 aliphatic carbocycles. The van der Waals surface area contributed by atoms with E-state index in [-0.39, 0.29) is 6.10 Å². The smallest absolute Gasteiger partial charge is 0.405 e. The first kappa shape index (κ1) is 14.2. The maximum absolute atomic E-state index is 10.8. The highest BCUT2D eigenvalue weighted by Crippen LogP contribution is 2.31. The van der Waals surface area contributed by atoms with Crippen molar-refractivity contribution in [2.24, 2.45) is 5.73 Å². The number of benzene rings is 1. The zero-order chi connectivity index (χ0) is 14.0. The first-order chi connectivity index (χ1) is 8.97. The number of rotatable bonds is 3. The van der Waals surface area contributed by atoms with Crippen LogP contribution in [0.4, 0.5) is 10.5 Å². The molecule has 1 aromatic rings. The summed E-state index contributed by atoms with van der Waals surface area (Å²) in [5.41, 5.74) is 7.18. The van der Waals surface area contributed by atoms with Gasteiger partial charge >= 0.3 is 6.09 Å². The molecule has 5 heteroatoms. The predicted octanol–water partition coefficient (Wildman–Crippen LogP) is 3.59. The van der Waals surface area contributed by atoms with Crippen LogP contribution in [0.25, 0.3) is 0 Å². The van der Waals surface area contributed by atoms with Crippen molar-refractivity contribution in [2.45, 2.75) is 38.8 Å². The van der Waals surface area contributed by atoms with Crippen LogP contribution >= 0.6 is 15.9 Å². The molecule has 1 amide bonds. The third-order valence-electron chi connectivity index (χ3n) is 3.55. The second kappa shape index (κ2) is 5.82. The van der Waals surface area contributed by atoms with Gasteiger partial charge in [0.25, 0.3) is 0 Å². The Hall–Kier alpha value is -1.23. The van der Waals surface area contributed by atoms with E-state index in [2.05, 4.69) is 39.9 Å². The lowest BCUT2D eigenvalue weighted by molar-refractivity contribution is 0.116. The van der Waals surface area contributed by atoms with Gasteiger partial charge in [-0.15, -0.1) is 0 Å². The Morgan fingerprint density at radius 3 is 2.84 bits per heavy atom. The van der Waals surface area contributed by atoms with E-state index in [1.807, 2.05) is 13.0 Å². The number of nitrogens with two attached hydrogens (primary N) is 1. The highest BCUT2D eigenvalue weighted by Gasteiger charge is 2.22. The highest BCUT2D eigenvalue weighted by atomic mass is 79.9. The molecular formula is C14H19BrN2O2. The summed E-state index contributed by atoms with van der Waals surface area (Å²) in [7, 11) is 0. The normalized spacial score (nSPS) is 20.4. The molecule has 2 N–H and O–H groups in total. The van der Waals surface area contributed by atoms with Crippen molar-refractivity contribution in [3.05, 3.63) is 28.2 Å². The van der Waals surface area contributed by atoms with E-state index >= 15 is 0 Å². The van der Waals surface area contributed by atoms with Crippen molar-refractivity contribution in [1.29, 1.82) is 0 Å². The molecule has 0 spiro atoms. The molecular weight excluding hydrogens is 308 g/mol. The Morgan fingerprint density at radius 1 is 1.53 bits per heavy atom. The molecule has 19 heavy (non-hydrogen) atoms. The third-order valence-corrected chi connectivity index (χ3v) is 4.01. The number of halogens is 1. The summed E-state index contributed by atoms with van der Waals surface area (Å²) in [6, 6.07) is 6.68. The summed E-state index contributed by atoms with van der Waals surface area (Å²) in [6.45, 7) is 5.13. The first-order valence-electron chi connectivity index (χ1n) is 6.50. The summed E-state index contributed by atoms with van der Waals surface area (Å²) in [4.78, 5) is 13.2. The maximum Gasteiger partial charge on any atom is 0.405 e. The van der Waals surface area contributed by atoms with Crippen LogP contribution in [0.3, 0.4) is 0 Å². The standard InChI is InChI=1S/C14H19BrN2O2/c1-9-4-3-5-17(9)13-7-11(6-12(15)8-13)10(2)19-14(16)18/h6-10H,3-5H2,1-2H3,(H2,16,18). The van der Waals surface area contributed by atoms with Gasteiger partial charge in [0.05, 0.1) is 0 Å². The van der Waals surface area contributed by atoms with Crippen molar-refractivity contribution < 1.29 is 9.53 Å². The fourth-order valence-electron chi connectivity index (χ4n) is 2.56. The van der Waals surface area contributed by atoms with Crippen LogP contribution in [0.2, 0.25) is 0 Å². The third kappa shape index (κ3) is 3.41. The lowest BCUT2D eigenvalue weighted by Gasteiger charge is -2.25. The molecule has 0 saturated carbocycles. The highest BCUT2D eigenvalue weighted by molar-refractivity contribution is 9.10. The molecule has 0 aromatic heterocycles. The average Bonchev–Trinajstić information content (AvgIpc) is 2.73. The SMILES string of the molecule is CC(OC(N)=O)c1cc(Br)cc(N2CCCC2C)c1. The summed E-state index contributed by atoms with van der Waals surface area (Å²) >= 11 is 3.52. The van der Waals surface area contributed by atoms with E-state index in [1.165, 1.54) is 12.8 Å². The van der Waals surface area contributed by atoms with Crippen LogP contribution in [0.15, 0.2) is 22.7 Å². The minimum absolute atomic E-state index is 0.341. The minimum Gasteiger partial charge on any atom is -0.442 e. The molecule has 1 aliphatic rings. The lowest BCUT2D eigenvalue weighted by atomic mass is 10.1. The van der Waals surface area contributed by atoms with E-state index in [4.69, 9.17) is 10.5 Å². The Labute approximate surface area is 122 Å². The fraction of sp³-hybridized carbons (Fsp3) is 0.500. The van der Waals surface area contributed by atoms with Gasteiger partial charge in [0.2, 0.25) is 0 Å². The molecule has 1 aliphatic heterocycles. The van der Waals surface area contributed by atoms with Gasteiger partial charge in [0.1, 0.15) is 6.10 Å². The molecule has 4 nitrogen and oxygen atoms in total. The topological polar surface area (TPSA) is 55.6 Å². The largest absolute Gasteiger partial charge is 0.442 e. The van der Waals surface area contributed by atoms with E-state index in [1.54, 1.807) is 0 Å². The molecule has 0 radical (unpaired) electrons. The van der Waals surface area contributed by atoms with E-state index in [0.717, 1.165) is 22.3 Å². The van der Waals surface area contributed by atoms with Gasteiger partial charge in [-0.2, -0.15) is 0 Å². The molecule has 1 aromatic carbocycles. The van der Waals surface area contributed by atoms with Gasteiger partial charge in [0.15, 0.2) is 0 Å². The van der Waals surface area contributed by atoms with Crippen LogP contribution in [-0.4, -0.2) is 18.7 Å². The minimum atomic E-state index is -0.747. The number of ether oxygens (including phenoxy) is 1. The number of hydrogen-bond acceptors (Lipinski definition) is 3. The zero-order valence-corrected chi connectivity index (χ0v) is 12.8. The maximum atomic E-state index is 10.8. The van der Waals surface area contributed by atoms with Gasteiger partial charge in [-0.05, 0) is 50.5 Å². The van der Waals surface area contributed by atoms with Crippen LogP contribution in [0, 0.1) is 0 Å². The second-order valence-electron chi connectivity index (χ2n) is 5.01. The Kier molecular flexibility index (Phi) is 4.34. The molecule has 2 rings (SSSR count). The summed E-state index contributed by atoms with van der Waals surface area (Å²) in [5, 5.41) is 0. The number of primary amides is 1. The van der Waals surface area contributed by atoms with Gasteiger partial charge in [0, 0.05) is 22.7 Å². The Morgan fingerprint density at radius 2 is 2.26 bits per heavy atom. The number of anilines is 1. The number of carbonyl (C=O) groups is 1. The van der Waals surface area contributed by atoms with Gasteiger partial charge in [-0.1, -0.05) is 15.9 Å². The quantitative estimate of drug-likeness (QED) is 0.923. The number of carbonyl (C=O) groups excluding carboxylic acids is 1. The Balaban J connectivity index is 2.26. The summed E-state index contributed by atoms with van der Waals surface area (Å²) in [6.07, 6.45) is 1.35. The summed E-state index contributed by atoms with van der Waals surface area (Å²) in [5.74, 6) is 0. The number of hydrogen-bond donors (Lipinski definition) is 1. The fourth-order valence-corrected chi connectivity index (χ4v) is 3.05. The molecule has 0 bridgehead atoms. The molecule has 104 valence electrons. The van der Waals surface area contributed by atoms with Crippen LogP contribution < -0.4 is 10.6 Å². The van der Waals surface area contributed by atoms with Crippen LogP contribution in [0.1, 0.15) is 38.4 Å². The van der Waals surface area contributed by atoms with Gasteiger partial charge in [-0.3, -0.25) is 0 Å². The average molecular weight is 327 g/mol. The van der Waals surface area contributed by atoms with E-state index in [0.29, 0.717) is 6.04 Å². The van der Waals surface area contributed by atoms with Crippen molar-refractivity contribution in [1.82, 2.24) is 0 Å². The first-order valence-corrected chi connectivity index (χ1v) is 7.30. The van der Waals surface area contributed by atoms with Crippen LogP contribution in [0.5, 0.6) is 0 Å². The van der Waals surface area contributed by atoms with Crippen molar-refractivity contribution in [3.8, 4) is 0 Å². The van der Waals surface area contributed by atoms with Crippen molar-refractivity contribution in [3.63, 3.8) is 0 Å². The molecule has 1 saturated heterocycles. The molecule has 2 atom stereocenters. The van der Waals surface area contributed by atoms with E-state index < -0.39 is 6.09 Å². The van der Waals surface area contributed by atoms with Gasteiger partial charge < -0.3 is 15.4 Å². The van der Waals surface area contributed by atoms with Gasteiger partial charge in [-0.25, -0.2) is 4.79 Å². The van der Waals surface area contributed by atoms with E-state index in [9.17, 15) is 4.79 Å². The predicted molar refractivity (Wildman–Crippen MR) is 79.3 cm³/mol. The van der Waals surface area contributed by atoms with Crippen molar-refractivity contribution in [2.75, 3.05) is 11.4 Å². The van der Waals surface area contributed by atoms with Crippen LogP contribution in [-0.2, 0) is 4.74 Å². The summed E-state index contributed by atoms with van der Waals surface area (Å²) < 4.78 is 6.02.